The molecule has 0 fully saturated rings. The van der Waals surface area contributed by atoms with Gasteiger partial charge in [0.15, 0.2) is 0 Å². The number of methoxy groups -OCH3 is 1. The van der Waals surface area contributed by atoms with Gasteiger partial charge in [0.05, 0.1) is 16.9 Å². The fraction of sp³-hybridized carbons (Fsp3) is 0.375. The van der Waals surface area contributed by atoms with E-state index in [1.165, 1.54) is 0 Å². The minimum atomic E-state index is -0.124. The zero-order valence-electron chi connectivity index (χ0n) is 13.0. The number of amides is 1. The standard InChI is InChI=1S/C16H20ClN3O2/c1-12-14(16(21)19(2)10-7-11-22-3)15(17)20(18-12)13-8-5-4-6-9-13/h4-6,8-9H,7,10-11H2,1-3H3. The molecule has 0 saturated heterocycles. The van der Waals surface area contributed by atoms with E-state index in [0.29, 0.717) is 29.6 Å². The van der Waals surface area contributed by atoms with Crippen molar-refractivity contribution in [2.24, 2.45) is 0 Å². The first kappa shape index (κ1) is 16.5. The second-order valence-electron chi connectivity index (χ2n) is 5.07. The second kappa shape index (κ2) is 7.42. The van der Waals surface area contributed by atoms with Crippen LogP contribution in [0.25, 0.3) is 5.69 Å². The fourth-order valence-corrected chi connectivity index (χ4v) is 2.57. The van der Waals surface area contributed by atoms with E-state index in [0.717, 1.165) is 12.1 Å². The number of rotatable bonds is 6. The van der Waals surface area contributed by atoms with E-state index < -0.39 is 0 Å². The summed E-state index contributed by atoms with van der Waals surface area (Å²) in [4.78, 5) is 14.2. The number of hydrogen-bond acceptors (Lipinski definition) is 3. The van der Waals surface area contributed by atoms with E-state index in [1.54, 1.807) is 30.7 Å². The molecule has 1 aromatic heterocycles. The molecular formula is C16H20ClN3O2. The second-order valence-corrected chi connectivity index (χ2v) is 5.43. The molecule has 0 N–H and O–H groups in total. The quantitative estimate of drug-likeness (QED) is 0.769. The van der Waals surface area contributed by atoms with Crippen molar-refractivity contribution in [3.63, 3.8) is 0 Å². The van der Waals surface area contributed by atoms with Crippen LogP contribution in [0.1, 0.15) is 22.5 Å². The first-order valence-corrected chi connectivity index (χ1v) is 7.49. The molecule has 2 rings (SSSR count). The summed E-state index contributed by atoms with van der Waals surface area (Å²) in [5.74, 6) is -0.124. The average Bonchev–Trinajstić information content (AvgIpc) is 2.82. The Kier molecular flexibility index (Phi) is 5.57. The Morgan fingerprint density at radius 2 is 2.05 bits per heavy atom. The molecule has 0 unspecified atom stereocenters. The maximum absolute atomic E-state index is 12.6. The Morgan fingerprint density at radius 3 is 2.68 bits per heavy atom. The van der Waals surface area contributed by atoms with Crippen molar-refractivity contribution in [3.8, 4) is 5.69 Å². The van der Waals surface area contributed by atoms with Gasteiger partial charge >= 0.3 is 0 Å². The van der Waals surface area contributed by atoms with Gasteiger partial charge in [-0.25, -0.2) is 4.68 Å². The van der Waals surface area contributed by atoms with Crippen LogP contribution in [0, 0.1) is 6.92 Å². The molecule has 5 nitrogen and oxygen atoms in total. The molecule has 0 radical (unpaired) electrons. The molecule has 0 spiro atoms. The number of aromatic nitrogens is 2. The van der Waals surface area contributed by atoms with Crippen LogP contribution in [0.2, 0.25) is 5.15 Å². The Labute approximate surface area is 135 Å². The summed E-state index contributed by atoms with van der Waals surface area (Å²) in [6, 6.07) is 9.52. The predicted octanol–water partition coefficient (Wildman–Crippen LogP) is 2.94. The van der Waals surface area contributed by atoms with Gasteiger partial charge in [-0.05, 0) is 25.5 Å². The fourth-order valence-electron chi connectivity index (χ4n) is 2.22. The third-order valence-electron chi connectivity index (χ3n) is 3.41. The topological polar surface area (TPSA) is 47.4 Å². The van der Waals surface area contributed by atoms with Crippen molar-refractivity contribution in [2.45, 2.75) is 13.3 Å². The molecule has 0 atom stereocenters. The zero-order chi connectivity index (χ0) is 16.1. The Balaban J connectivity index is 2.25. The minimum absolute atomic E-state index is 0.124. The average molecular weight is 322 g/mol. The molecule has 0 aliphatic carbocycles. The Morgan fingerprint density at radius 1 is 1.36 bits per heavy atom. The number of hydrogen-bond donors (Lipinski definition) is 0. The van der Waals surface area contributed by atoms with E-state index in [4.69, 9.17) is 16.3 Å². The molecule has 2 aromatic rings. The van der Waals surface area contributed by atoms with Crippen molar-refractivity contribution in [1.29, 1.82) is 0 Å². The van der Waals surface area contributed by atoms with Crippen molar-refractivity contribution >= 4 is 17.5 Å². The van der Waals surface area contributed by atoms with Crippen molar-refractivity contribution in [2.75, 3.05) is 27.3 Å². The van der Waals surface area contributed by atoms with Gasteiger partial charge in [-0.1, -0.05) is 29.8 Å². The van der Waals surface area contributed by atoms with Gasteiger partial charge in [-0.3, -0.25) is 4.79 Å². The minimum Gasteiger partial charge on any atom is -0.385 e. The smallest absolute Gasteiger partial charge is 0.258 e. The summed E-state index contributed by atoms with van der Waals surface area (Å²) >= 11 is 6.39. The van der Waals surface area contributed by atoms with E-state index in [2.05, 4.69) is 5.10 Å². The molecule has 0 aliphatic rings. The van der Waals surface area contributed by atoms with E-state index >= 15 is 0 Å². The van der Waals surface area contributed by atoms with E-state index in [-0.39, 0.29) is 5.91 Å². The highest BCUT2D eigenvalue weighted by atomic mass is 35.5. The molecule has 0 saturated carbocycles. The number of ether oxygens (including phenoxy) is 1. The van der Waals surface area contributed by atoms with Crippen LogP contribution in [-0.2, 0) is 4.74 Å². The molecule has 0 bridgehead atoms. The van der Waals surface area contributed by atoms with E-state index in [1.807, 2.05) is 30.3 Å². The van der Waals surface area contributed by atoms with Gasteiger partial charge < -0.3 is 9.64 Å². The van der Waals surface area contributed by atoms with Gasteiger partial charge in [0.2, 0.25) is 0 Å². The van der Waals surface area contributed by atoms with Crippen LogP contribution < -0.4 is 0 Å². The zero-order valence-corrected chi connectivity index (χ0v) is 13.8. The first-order valence-electron chi connectivity index (χ1n) is 7.11. The van der Waals surface area contributed by atoms with Crippen LogP contribution >= 0.6 is 11.6 Å². The third-order valence-corrected chi connectivity index (χ3v) is 3.76. The predicted molar refractivity (Wildman–Crippen MR) is 86.8 cm³/mol. The lowest BCUT2D eigenvalue weighted by Gasteiger charge is -2.16. The summed E-state index contributed by atoms with van der Waals surface area (Å²) in [5.41, 5.74) is 1.90. The molecule has 0 aliphatic heterocycles. The van der Waals surface area contributed by atoms with Crippen molar-refractivity contribution < 1.29 is 9.53 Å². The molecule has 1 heterocycles. The maximum atomic E-state index is 12.6. The van der Waals surface area contributed by atoms with E-state index in [9.17, 15) is 4.79 Å². The lowest BCUT2D eigenvalue weighted by Crippen LogP contribution is -2.28. The first-order chi connectivity index (χ1) is 10.6. The lowest BCUT2D eigenvalue weighted by molar-refractivity contribution is 0.0779. The van der Waals surface area contributed by atoms with Crippen LogP contribution in [0.4, 0.5) is 0 Å². The van der Waals surface area contributed by atoms with Gasteiger partial charge in [-0.2, -0.15) is 5.10 Å². The number of para-hydroxylation sites is 1. The Hall–Kier alpha value is -1.85. The SMILES string of the molecule is COCCCN(C)C(=O)c1c(C)nn(-c2ccccc2)c1Cl. The highest BCUT2D eigenvalue weighted by Crippen LogP contribution is 2.24. The molecule has 22 heavy (non-hydrogen) atoms. The lowest BCUT2D eigenvalue weighted by atomic mass is 10.2. The summed E-state index contributed by atoms with van der Waals surface area (Å²) in [5, 5.41) is 4.73. The van der Waals surface area contributed by atoms with Gasteiger partial charge in [0.25, 0.3) is 5.91 Å². The number of aryl methyl sites for hydroxylation is 1. The number of benzene rings is 1. The monoisotopic (exact) mass is 321 g/mol. The third kappa shape index (κ3) is 3.48. The normalized spacial score (nSPS) is 10.7. The van der Waals surface area contributed by atoms with Crippen molar-refractivity contribution in [3.05, 3.63) is 46.7 Å². The number of nitrogens with zero attached hydrogens (tertiary/aromatic N) is 3. The highest BCUT2D eigenvalue weighted by molar-refractivity contribution is 6.33. The molecule has 1 amide bonds. The molecule has 6 heteroatoms. The maximum Gasteiger partial charge on any atom is 0.258 e. The highest BCUT2D eigenvalue weighted by Gasteiger charge is 2.23. The number of halogens is 1. The number of carbonyl (C=O) groups is 1. The van der Waals surface area contributed by atoms with Crippen LogP contribution in [0.3, 0.4) is 0 Å². The summed E-state index contributed by atoms with van der Waals surface area (Å²) in [7, 11) is 3.40. The largest absolute Gasteiger partial charge is 0.385 e. The summed E-state index contributed by atoms with van der Waals surface area (Å²) < 4.78 is 6.60. The van der Waals surface area contributed by atoms with Gasteiger partial charge in [0, 0.05) is 27.3 Å². The molecular weight excluding hydrogens is 302 g/mol. The summed E-state index contributed by atoms with van der Waals surface area (Å²) in [6.07, 6.45) is 0.780. The number of carbonyl (C=O) groups excluding carboxylic acids is 1. The van der Waals surface area contributed by atoms with Gasteiger partial charge in [0.1, 0.15) is 5.15 Å². The molecule has 118 valence electrons. The van der Waals surface area contributed by atoms with Crippen LogP contribution in [0.5, 0.6) is 0 Å². The van der Waals surface area contributed by atoms with Crippen molar-refractivity contribution in [1.82, 2.24) is 14.7 Å². The van der Waals surface area contributed by atoms with Crippen LogP contribution in [-0.4, -0.2) is 47.9 Å². The van der Waals surface area contributed by atoms with Crippen LogP contribution in [0.15, 0.2) is 30.3 Å². The summed E-state index contributed by atoms with van der Waals surface area (Å²) in [6.45, 7) is 3.02. The Bertz CT molecular complexity index is 640. The van der Waals surface area contributed by atoms with Gasteiger partial charge in [-0.15, -0.1) is 0 Å². The molecule has 1 aromatic carbocycles.